The summed E-state index contributed by atoms with van der Waals surface area (Å²) in [7, 11) is 0. The highest BCUT2D eigenvalue weighted by Crippen LogP contribution is 2.16. The van der Waals surface area contributed by atoms with Gasteiger partial charge in [-0.1, -0.05) is 0 Å². The van der Waals surface area contributed by atoms with Crippen LogP contribution in [0.25, 0.3) is 0 Å². The van der Waals surface area contributed by atoms with Crippen LogP contribution in [-0.4, -0.2) is 34.3 Å². The number of carboxylic acids is 1. The van der Waals surface area contributed by atoms with E-state index in [0.717, 1.165) is 24.1 Å². The SMILES string of the molecule is CC(C(=O)O)c1ncc2c(n1)CCOCC2. The first-order valence-electron chi connectivity index (χ1n) is 5.33. The van der Waals surface area contributed by atoms with E-state index >= 15 is 0 Å². The lowest BCUT2D eigenvalue weighted by Crippen LogP contribution is -2.13. The first kappa shape index (κ1) is 11.0. The summed E-state index contributed by atoms with van der Waals surface area (Å²) >= 11 is 0. The van der Waals surface area contributed by atoms with Gasteiger partial charge in [-0.25, -0.2) is 9.97 Å². The lowest BCUT2D eigenvalue weighted by Gasteiger charge is -2.08. The van der Waals surface area contributed by atoms with Crippen LogP contribution in [-0.2, 0) is 22.4 Å². The lowest BCUT2D eigenvalue weighted by molar-refractivity contribution is -0.138. The van der Waals surface area contributed by atoms with Gasteiger partial charge >= 0.3 is 5.97 Å². The Labute approximate surface area is 93.5 Å². The molecular weight excluding hydrogens is 208 g/mol. The van der Waals surface area contributed by atoms with Crippen LogP contribution >= 0.6 is 0 Å². The Bertz CT molecular complexity index is 406. The maximum absolute atomic E-state index is 10.8. The summed E-state index contributed by atoms with van der Waals surface area (Å²) in [5, 5.41) is 8.89. The minimum absolute atomic E-state index is 0.383. The molecule has 0 spiro atoms. The van der Waals surface area contributed by atoms with E-state index in [2.05, 4.69) is 9.97 Å². The Hall–Kier alpha value is -1.49. The van der Waals surface area contributed by atoms with Crippen LogP contribution in [0.15, 0.2) is 6.20 Å². The normalized spacial score (nSPS) is 17.3. The van der Waals surface area contributed by atoms with Crippen molar-refractivity contribution >= 4 is 5.97 Å². The van der Waals surface area contributed by atoms with Gasteiger partial charge in [0.15, 0.2) is 0 Å². The number of aliphatic carboxylic acids is 1. The van der Waals surface area contributed by atoms with Gasteiger partial charge in [0.25, 0.3) is 0 Å². The summed E-state index contributed by atoms with van der Waals surface area (Å²) in [6, 6.07) is 0. The zero-order chi connectivity index (χ0) is 11.5. The molecule has 1 aliphatic heterocycles. The van der Waals surface area contributed by atoms with Crippen molar-refractivity contribution in [1.29, 1.82) is 0 Å². The van der Waals surface area contributed by atoms with Crippen molar-refractivity contribution in [3.63, 3.8) is 0 Å². The summed E-state index contributed by atoms with van der Waals surface area (Å²) < 4.78 is 5.34. The zero-order valence-electron chi connectivity index (χ0n) is 9.14. The topological polar surface area (TPSA) is 72.3 Å². The van der Waals surface area contributed by atoms with Gasteiger partial charge in [0, 0.05) is 18.3 Å². The summed E-state index contributed by atoms with van der Waals surface area (Å²) in [4.78, 5) is 19.3. The molecular formula is C11H14N2O3. The van der Waals surface area contributed by atoms with Crippen molar-refractivity contribution in [3.05, 3.63) is 23.3 Å². The van der Waals surface area contributed by atoms with Crippen LogP contribution in [0.1, 0.15) is 29.9 Å². The number of ether oxygens (including phenoxy) is 1. The van der Waals surface area contributed by atoms with Gasteiger partial charge < -0.3 is 9.84 Å². The lowest BCUT2D eigenvalue weighted by atomic mass is 10.1. The average Bonchev–Trinajstić information content (AvgIpc) is 2.51. The first-order valence-corrected chi connectivity index (χ1v) is 5.33. The van der Waals surface area contributed by atoms with Gasteiger partial charge in [0.1, 0.15) is 11.7 Å². The summed E-state index contributed by atoms with van der Waals surface area (Å²) in [6.45, 7) is 2.92. The molecule has 0 bridgehead atoms. The first-order chi connectivity index (χ1) is 7.68. The number of carboxylic acid groups (broad SMARTS) is 1. The Kier molecular flexibility index (Phi) is 3.14. The number of hydrogen-bond donors (Lipinski definition) is 1. The van der Waals surface area contributed by atoms with Crippen molar-refractivity contribution in [2.24, 2.45) is 0 Å². The molecule has 5 nitrogen and oxygen atoms in total. The second-order valence-corrected chi connectivity index (χ2v) is 3.87. The van der Waals surface area contributed by atoms with E-state index < -0.39 is 11.9 Å². The van der Waals surface area contributed by atoms with E-state index in [9.17, 15) is 4.79 Å². The quantitative estimate of drug-likeness (QED) is 0.800. The van der Waals surface area contributed by atoms with Crippen molar-refractivity contribution < 1.29 is 14.6 Å². The van der Waals surface area contributed by atoms with Crippen LogP contribution < -0.4 is 0 Å². The van der Waals surface area contributed by atoms with Gasteiger partial charge in [-0.15, -0.1) is 0 Å². The van der Waals surface area contributed by atoms with Crippen molar-refractivity contribution in [2.75, 3.05) is 13.2 Å². The van der Waals surface area contributed by atoms with E-state index in [-0.39, 0.29) is 0 Å². The molecule has 1 aromatic heterocycles. The molecule has 0 aromatic carbocycles. The van der Waals surface area contributed by atoms with Gasteiger partial charge in [-0.05, 0) is 18.9 Å². The van der Waals surface area contributed by atoms with Gasteiger partial charge in [-0.3, -0.25) is 4.79 Å². The Morgan fingerprint density at radius 2 is 2.25 bits per heavy atom. The van der Waals surface area contributed by atoms with E-state index in [1.165, 1.54) is 0 Å². The molecule has 0 aliphatic carbocycles. The van der Waals surface area contributed by atoms with Gasteiger partial charge in [-0.2, -0.15) is 0 Å². The molecule has 1 aromatic rings. The molecule has 1 unspecified atom stereocenters. The molecule has 0 radical (unpaired) electrons. The van der Waals surface area contributed by atoms with Crippen LogP contribution in [0.3, 0.4) is 0 Å². The van der Waals surface area contributed by atoms with Crippen molar-refractivity contribution in [1.82, 2.24) is 9.97 Å². The minimum Gasteiger partial charge on any atom is -0.481 e. The van der Waals surface area contributed by atoms with Crippen LogP contribution in [0, 0.1) is 0 Å². The highest BCUT2D eigenvalue weighted by molar-refractivity contribution is 5.74. The zero-order valence-corrected chi connectivity index (χ0v) is 9.14. The largest absolute Gasteiger partial charge is 0.481 e. The average molecular weight is 222 g/mol. The fraction of sp³-hybridized carbons (Fsp3) is 0.545. The molecule has 86 valence electrons. The smallest absolute Gasteiger partial charge is 0.313 e. The number of aromatic nitrogens is 2. The van der Waals surface area contributed by atoms with E-state index in [1.807, 2.05) is 0 Å². The summed E-state index contributed by atoms with van der Waals surface area (Å²) in [5.74, 6) is -1.17. The van der Waals surface area contributed by atoms with E-state index in [0.29, 0.717) is 19.0 Å². The number of rotatable bonds is 2. The third-order valence-corrected chi connectivity index (χ3v) is 2.73. The summed E-state index contributed by atoms with van der Waals surface area (Å²) in [6.07, 6.45) is 3.26. The predicted molar refractivity (Wildman–Crippen MR) is 56.3 cm³/mol. The Balaban J connectivity index is 2.30. The van der Waals surface area contributed by atoms with E-state index in [1.54, 1.807) is 13.1 Å². The van der Waals surface area contributed by atoms with Crippen molar-refractivity contribution in [3.8, 4) is 0 Å². The van der Waals surface area contributed by atoms with Crippen LogP contribution in [0.2, 0.25) is 0 Å². The third-order valence-electron chi connectivity index (χ3n) is 2.73. The fourth-order valence-corrected chi connectivity index (χ4v) is 1.65. The molecule has 0 fully saturated rings. The molecule has 2 heterocycles. The highest BCUT2D eigenvalue weighted by Gasteiger charge is 2.19. The third kappa shape index (κ3) is 2.19. The monoisotopic (exact) mass is 222 g/mol. The molecule has 0 saturated carbocycles. The van der Waals surface area contributed by atoms with Crippen LogP contribution in [0.4, 0.5) is 0 Å². The fourth-order valence-electron chi connectivity index (χ4n) is 1.65. The van der Waals surface area contributed by atoms with Crippen molar-refractivity contribution in [2.45, 2.75) is 25.7 Å². The van der Waals surface area contributed by atoms with E-state index in [4.69, 9.17) is 9.84 Å². The molecule has 1 aliphatic rings. The maximum Gasteiger partial charge on any atom is 0.313 e. The van der Waals surface area contributed by atoms with Crippen LogP contribution in [0.5, 0.6) is 0 Å². The number of carbonyl (C=O) groups is 1. The van der Waals surface area contributed by atoms with Gasteiger partial charge in [0.05, 0.1) is 13.2 Å². The minimum atomic E-state index is -0.898. The molecule has 2 rings (SSSR count). The number of nitrogens with zero attached hydrogens (tertiary/aromatic N) is 2. The van der Waals surface area contributed by atoms with Gasteiger partial charge in [0.2, 0.25) is 0 Å². The second kappa shape index (κ2) is 4.57. The number of hydrogen-bond acceptors (Lipinski definition) is 4. The second-order valence-electron chi connectivity index (χ2n) is 3.87. The Morgan fingerprint density at radius 1 is 1.50 bits per heavy atom. The Morgan fingerprint density at radius 3 is 3.00 bits per heavy atom. The standard InChI is InChI=1S/C11H14N2O3/c1-7(11(14)15)10-12-6-8-2-4-16-5-3-9(8)13-10/h6-7H,2-5H2,1H3,(H,14,15). The molecule has 0 amide bonds. The molecule has 16 heavy (non-hydrogen) atoms. The highest BCUT2D eigenvalue weighted by atomic mass is 16.5. The number of fused-ring (bicyclic) bond motifs is 1. The molecule has 5 heteroatoms. The maximum atomic E-state index is 10.8. The molecule has 1 atom stereocenters. The molecule has 1 N–H and O–H groups in total. The summed E-state index contributed by atoms with van der Waals surface area (Å²) in [5.41, 5.74) is 1.99. The molecule has 0 saturated heterocycles. The predicted octanol–water partition coefficient (Wildman–Crippen LogP) is 0.780.